The van der Waals surface area contributed by atoms with Gasteiger partial charge in [-0.25, -0.2) is 8.42 Å². The van der Waals surface area contributed by atoms with Gasteiger partial charge >= 0.3 is 5.97 Å². The highest BCUT2D eigenvalue weighted by atomic mass is 35.5. The molecule has 0 aliphatic carbocycles. The second-order valence-electron chi connectivity index (χ2n) is 7.75. The molecule has 1 aromatic heterocycles. The van der Waals surface area contributed by atoms with Crippen molar-refractivity contribution in [3.8, 4) is 0 Å². The predicted octanol–water partition coefficient (Wildman–Crippen LogP) is 1.91. The molecule has 11 heteroatoms. The summed E-state index contributed by atoms with van der Waals surface area (Å²) in [7, 11) is -2.21. The van der Waals surface area contributed by atoms with Crippen molar-refractivity contribution in [1.29, 1.82) is 0 Å². The third-order valence-electron chi connectivity index (χ3n) is 5.28. The van der Waals surface area contributed by atoms with Gasteiger partial charge in [-0.3, -0.25) is 9.59 Å². The molecule has 3 rings (SSSR count). The van der Waals surface area contributed by atoms with E-state index in [1.54, 1.807) is 17.7 Å². The van der Waals surface area contributed by atoms with Gasteiger partial charge in [0.1, 0.15) is 12.3 Å². The Balaban J connectivity index is 1.78. The first-order valence-electron chi connectivity index (χ1n) is 10.3. The number of hydrogen-bond donors (Lipinski definition) is 3. The Morgan fingerprint density at radius 3 is 2.44 bits per heavy atom. The summed E-state index contributed by atoms with van der Waals surface area (Å²) in [5, 5.41) is 22.5. The topological polar surface area (TPSA) is 135 Å². The Hall–Kier alpha value is -2.92. The molecular formula is C23H25ClN2O7S. The first-order chi connectivity index (χ1) is 16.1. The molecule has 34 heavy (non-hydrogen) atoms. The summed E-state index contributed by atoms with van der Waals surface area (Å²) in [5.41, 5.74) is 2.57. The summed E-state index contributed by atoms with van der Waals surface area (Å²) >= 11 is 6.32. The number of carbonyl (C=O) groups is 2. The van der Waals surface area contributed by atoms with Gasteiger partial charge in [0.25, 0.3) is 5.91 Å². The fourth-order valence-corrected chi connectivity index (χ4v) is 4.98. The molecule has 1 heterocycles. The Morgan fingerprint density at radius 2 is 1.82 bits per heavy atom. The van der Waals surface area contributed by atoms with Crippen molar-refractivity contribution in [3.63, 3.8) is 0 Å². The summed E-state index contributed by atoms with van der Waals surface area (Å²) in [6.45, 7) is 0.796. The average Bonchev–Trinajstić information content (AvgIpc) is 3.12. The number of aliphatic hydroxyl groups excluding tert-OH is 2. The van der Waals surface area contributed by atoms with E-state index >= 15 is 0 Å². The maximum absolute atomic E-state index is 13.0. The Kier molecular flexibility index (Phi) is 7.98. The summed E-state index contributed by atoms with van der Waals surface area (Å²) < 4.78 is 31.1. The van der Waals surface area contributed by atoms with Gasteiger partial charge in [-0.1, -0.05) is 23.7 Å². The molecule has 0 fully saturated rings. The number of esters is 1. The number of hydrogen-bond acceptors (Lipinski definition) is 7. The lowest BCUT2D eigenvalue weighted by Crippen LogP contribution is -2.32. The second kappa shape index (κ2) is 10.6. The second-order valence-corrected chi connectivity index (χ2v) is 10.1. The molecule has 3 N–H and O–H groups in total. The molecule has 9 nitrogen and oxygen atoms in total. The molecule has 0 spiro atoms. The van der Waals surface area contributed by atoms with Gasteiger partial charge in [-0.2, -0.15) is 0 Å². The van der Waals surface area contributed by atoms with Gasteiger partial charge in [0.15, 0.2) is 15.6 Å². The zero-order valence-corrected chi connectivity index (χ0v) is 20.2. The molecule has 3 aromatic rings. The highest BCUT2D eigenvalue weighted by molar-refractivity contribution is 7.92. The molecule has 0 aliphatic rings. The van der Waals surface area contributed by atoms with Gasteiger partial charge in [0, 0.05) is 12.4 Å². The van der Waals surface area contributed by atoms with E-state index in [1.165, 1.54) is 24.3 Å². The van der Waals surface area contributed by atoms with E-state index in [0.29, 0.717) is 16.3 Å². The van der Waals surface area contributed by atoms with Crippen molar-refractivity contribution in [2.24, 2.45) is 7.05 Å². The SMILES string of the molecule is Cc1cc(Cl)c2cc(C(=O)NC(CO)c3ccc(S(=O)(=O)CC(=O)OCCO)cc3)n(C)c2c1. The highest BCUT2D eigenvalue weighted by Gasteiger charge is 2.23. The molecule has 1 atom stereocenters. The Morgan fingerprint density at radius 1 is 1.15 bits per heavy atom. The number of nitrogens with one attached hydrogen (secondary N) is 1. The van der Waals surface area contributed by atoms with Crippen LogP contribution in [0.25, 0.3) is 10.9 Å². The first kappa shape index (κ1) is 25.7. The number of fused-ring (bicyclic) bond motifs is 1. The molecule has 1 amide bonds. The first-order valence-corrected chi connectivity index (χ1v) is 12.4. The standard InChI is InChI=1S/C23H25ClN2O7S/c1-14-9-18(24)17-11-21(26(2)20(17)10-14)23(30)25-19(12-28)15-3-5-16(6-4-15)34(31,32)13-22(29)33-8-7-27/h3-6,9-11,19,27-28H,7-8,12-13H2,1-2H3,(H,25,30). The zero-order chi connectivity index (χ0) is 25.0. The predicted molar refractivity (Wildman–Crippen MR) is 126 cm³/mol. The van der Waals surface area contributed by atoms with Crippen molar-refractivity contribution < 1.29 is 33.0 Å². The number of aryl methyl sites for hydroxylation is 2. The molecule has 0 saturated carbocycles. The van der Waals surface area contributed by atoms with Gasteiger partial charge < -0.3 is 24.8 Å². The lowest BCUT2D eigenvalue weighted by atomic mass is 10.1. The van der Waals surface area contributed by atoms with Crippen LogP contribution in [0.3, 0.4) is 0 Å². The maximum atomic E-state index is 13.0. The fraction of sp³-hybridized carbons (Fsp3) is 0.304. The Labute approximate surface area is 201 Å². The third-order valence-corrected chi connectivity index (χ3v) is 7.20. The fourth-order valence-electron chi connectivity index (χ4n) is 3.55. The van der Waals surface area contributed by atoms with Crippen LogP contribution in [0.1, 0.15) is 27.7 Å². The maximum Gasteiger partial charge on any atom is 0.321 e. The third kappa shape index (κ3) is 5.58. The van der Waals surface area contributed by atoms with E-state index in [4.69, 9.17) is 16.7 Å². The molecule has 0 aliphatic heterocycles. The monoisotopic (exact) mass is 508 g/mol. The van der Waals surface area contributed by atoms with Crippen molar-refractivity contribution in [2.75, 3.05) is 25.6 Å². The number of aromatic nitrogens is 1. The van der Waals surface area contributed by atoms with Crippen molar-refractivity contribution in [1.82, 2.24) is 9.88 Å². The molecule has 0 saturated heterocycles. The molecule has 1 unspecified atom stereocenters. The van der Waals surface area contributed by atoms with Crippen molar-refractivity contribution >= 4 is 44.2 Å². The van der Waals surface area contributed by atoms with Gasteiger partial charge in [-0.05, 0) is 48.4 Å². The lowest BCUT2D eigenvalue weighted by Gasteiger charge is -2.17. The summed E-state index contributed by atoms with van der Waals surface area (Å²) in [6.07, 6.45) is 0. The molecular weight excluding hydrogens is 484 g/mol. The van der Waals surface area contributed by atoms with Crippen molar-refractivity contribution in [3.05, 3.63) is 64.3 Å². The number of benzene rings is 2. The van der Waals surface area contributed by atoms with Crippen LogP contribution in [0.5, 0.6) is 0 Å². The largest absolute Gasteiger partial charge is 0.462 e. The smallest absolute Gasteiger partial charge is 0.321 e. The lowest BCUT2D eigenvalue weighted by molar-refractivity contribution is -0.141. The number of sulfone groups is 1. The average molecular weight is 509 g/mol. The summed E-state index contributed by atoms with van der Waals surface area (Å²) in [5.74, 6) is -2.27. The number of rotatable bonds is 9. The molecule has 182 valence electrons. The van der Waals surface area contributed by atoms with E-state index in [-0.39, 0.29) is 11.5 Å². The number of aliphatic hydroxyl groups is 2. The van der Waals surface area contributed by atoms with E-state index in [1.807, 2.05) is 19.1 Å². The number of nitrogens with zero attached hydrogens (tertiary/aromatic N) is 1. The normalized spacial score (nSPS) is 12.5. The number of carbonyl (C=O) groups excluding carboxylic acids is 2. The van der Waals surface area contributed by atoms with Crippen LogP contribution in [0.2, 0.25) is 5.02 Å². The van der Waals surface area contributed by atoms with Gasteiger partial charge in [-0.15, -0.1) is 0 Å². The van der Waals surface area contributed by atoms with E-state index in [0.717, 1.165) is 16.5 Å². The van der Waals surface area contributed by atoms with E-state index < -0.39 is 46.7 Å². The van der Waals surface area contributed by atoms with Gasteiger partial charge in [0.05, 0.1) is 34.7 Å². The van der Waals surface area contributed by atoms with Crippen LogP contribution in [0.4, 0.5) is 0 Å². The Bertz CT molecular complexity index is 1320. The van der Waals surface area contributed by atoms with Crippen molar-refractivity contribution in [2.45, 2.75) is 17.9 Å². The molecule has 0 bridgehead atoms. The van der Waals surface area contributed by atoms with Crippen LogP contribution < -0.4 is 5.32 Å². The van der Waals surface area contributed by atoms with E-state index in [2.05, 4.69) is 10.1 Å². The van der Waals surface area contributed by atoms with Crippen LogP contribution >= 0.6 is 11.6 Å². The number of amides is 1. The van der Waals surface area contributed by atoms with E-state index in [9.17, 15) is 23.1 Å². The van der Waals surface area contributed by atoms with Gasteiger partial charge in [0.2, 0.25) is 0 Å². The van der Waals surface area contributed by atoms with Crippen LogP contribution in [-0.2, 0) is 26.4 Å². The number of halogens is 1. The molecule has 2 aromatic carbocycles. The summed E-state index contributed by atoms with van der Waals surface area (Å²) in [4.78, 5) is 24.4. The zero-order valence-electron chi connectivity index (χ0n) is 18.6. The minimum atomic E-state index is -3.96. The minimum absolute atomic E-state index is 0.112. The summed E-state index contributed by atoms with van der Waals surface area (Å²) in [6, 6.07) is 10.1. The quantitative estimate of drug-likeness (QED) is 0.376. The highest BCUT2D eigenvalue weighted by Crippen LogP contribution is 2.28. The number of ether oxygens (including phenoxy) is 1. The van der Waals surface area contributed by atoms with Crippen LogP contribution in [-0.4, -0.2) is 60.6 Å². The van der Waals surface area contributed by atoms with Crippen LogP contribution in [0.15, 0.2) is 47.4 Å². The molecule has 0 radical (unpaired) electrons. The van der Waals surface area contributed by atoms with Crippen LogP contribution in [0, 0.1) is 6.92 Å². The minimum Gasteiger partial charge on any atom is -0.462 e.